The molecule has 0 spiro atoms. The molecule has 4 aromatic rings. The van der Waals surface area contributed by atoms with Gasteiger partial charge in [-0.3, -0.25) is 4.79 Å². The SMILES string of the molecule is CC(=O)O.Cc1ccccc1CC(=N)c1c(C)n(-c2ccccc2)c2ccc(C#N)cc12. The number of aliphatic carboxylic acids is 1. The van der Waals surface area contributed by atoms with Gasteiger partial charge in [0.05, 0.1) is 17.1 Å². The van der Waals surface area contributed by atoms with Gasteiger partial charge in [-0.25, -0.2) is 0 Å². The highest BCUT2D eigenvalue weighted by molar-refractivity contribution is 6.12. The minimum absolute atomic E-state index is 0.568. The molecule has 5 heteroatoms. The number of hydrogen-bond donors (Lipinski definition) is 2. The zero-order chi connectivity index (χ0) is 23.3. The average Bonchev–Trinajstić information content (AvgIpc) is 3.06. The van der Waals surface area contributed by atoms with Crippen molar-refractivity contribution in [2.45, 2.75) is 27.2 Å². The van der Waals surface area contributed by atoms with Gasteiger partial charge < -0.3 is 15.1 Å². The molecule has 0 amide bonds. The Hall–Kier alpha value is -4.17. The van der Waals surface area contributed by atoms with E-state index >= 15 is 0 Å². The monoisotopic (exact) mass is 423 g/mol. The smallest absolute Gasteiger partial charge is 0.300 e. The summed E-state index contributed by atoms with van der Waals surface area (Å²) in [7, 11) is 0. The van der Waals surface area contributed by atoms with Crippen molar-refractivity contribution in [3.05, 3.63) is 101 Å². The van der Waals surface area contributed by atoms with Crippen LogP contribution in [0.25, 0.3) is 16.6 Å². The van der Waals surface area contributed by atoms with E-state index < -0.39 is 5.97 Å². The maximum atomic E-state index is 9.38. The number of nitrogens with zero attached hydrogens (tertiary/aromatic N) is 2. The maximum Gasteiger partial charge on any atom is 0.300 e. The van der Waals surface area contributed by atoms with Gasteiger partial charge in [0, 0.05) is 41.4 Å². The first kappa shape index (κ1) is 22.5. The quantitative estimate of drug-likeness (QED) is 0.405. The van der Waals surface area contributed by atoms with E-state index in [1.807, 2.05) is 48.5 Å². The maximum absolute atomic E-state index is 9.38. The van der Waals surface area contributed by atoms with Gasteiger partial charge >= 0.3 is 0 Å². The average molecular weight is 424 g/mol. The predicted molar refractivity (Wildman–Crippen MR) is 128 cm³/mol. The molecule has 3 aromatic carbocycles. The molecule has 0 atom stereocenters. The Bertz CT molecular complexity index is 1320. The molecule has 4 rings (SSSR count). The zero-order valence-corrected chi connectivity index (χ0v) is 18.4. The van der Waals surface area contributed by atoms with E-state index in [2.05, 4.69) is 48.7 Å². The molecule has 0 radical (unpaired) electrons. The van der Waals surface area contributed by atoms with Gasteiger partial charge in [-0.15, -0.1) is 0 Å². The van der Waals surface area contributed by atoms with Gasteiger partial charge in [-0.1, -0.05) is 42.5 Å². The summed E-state index contributed by atoms with van der Waals surface area (Å²) in [5.41, 5.74) is 7.55. The topological polar surface area (TPSA) is 89.9 Å². The number of benzene rings is 3. The van der Waals surface area contributed by atoms with Gasteiger partial charge in [0.2, 0.25) is 0 Å². The lowest BCUT2D eigenvalue weighted by molar-refractivity contribution is -0.134. The fourth-order valence-electron chi connectivity index (χ4n) is 3.87. The first-order valence-electron chi connectivity index (χ1n) is 10.3. The Balaban J connectivity index is 0.000000668. The van der Waals surface area contributed by atoms with Gasteiger partial charge in [0.1, 0.15) is 0 Å². The predicted octanol–water partition coefficient (Wildman–Crippen LogP) is 5.82. The molecule has 0 bridgehead atoms. The van der Waals surface area contributed by atoms with Crippen LogP contribution < -0.4 is 0 Å². The Labute approximate surface area is 187 Å². The van der Waals surface area contributed by atoms with Crippen molar-refractivity contribution in [3.8, 4) is 11.8 Å². The molecular weight excluding hydrogens is 398 g/mol. The number of carboxylic acid groups (broad SMARTS) is 1. The molecule has 0 saturated heterocycles. The van der Waals surface area contributed by atoms with Crippen molar-refractivity contribution >= 4 is 22.6 Å². The number of aryl methyl sites for hydroxylation is 1. The van der Waals surface area contributed by atoms with E-state index in [1.165, 1.54) is 5.56 Å². The number of carboxylic acids is 1. The summed E-state index contributed by atoms with van der Waals surface area (Å²) < 4.78 is 2.18. The third-order valence-corrected chi connectivity index (χ3v) is 5.28. The van der Waals surface area contributed by atoms with Crippen molar-refractivity contribution < 1.29 is 9.90 Å². The number of para-hydroxylation sites is 1. The van der Waals surface area contributed by atoms with Crippen LogP contribution in [0, 0.1) is 30.6 Å². The van der Waals surface area contributed by atoms with Crippen LogP contribution in [0.1, 0.15) is 34.9 Å². The van der Waals surface area contributed by atoms with E-state index in [9.17, 15) is 5.26 Å². The first-order valence-corrected chi connectivity index (χ1v) is 10.3. The lowest BCUT2D eigenvalue weighted by atomic mass is 9.96. The van der Waals surface area contributed by atoms with E-state index in [0.29, 0.717) is 17.7 Å². The van der Waals surface area contributed by atoms with Gasteiger partial charge in [0.25, 0.3) is 5.97 Å². The summed E-state index contributed by atoms with van der Waals surface area (Å²) in [5.74, 6) is -0.833. The summed E-state index contributed by atoms with van der Waals surface area (Å²) in [6, 6.07) is 26.3. The highest BCUT2D eigenvalue weighted by atomic mass is 16.4. The molecule has 0 unspecified atom stereocenters. The summed E-state index contributed by atoms with van der Waals surface area (Å²) in [6.45, 7) is 5.22. The van der Waals surface area contributed by atoms with Gasteiger partial charge in [-0.05, 0) is 55.3 Å². The second-order valence-corrected chi connectivity index (χ2v) is 7.58. The van der Waals surface area contributed by atoms with Crippen LogP contribution in [0.15, 0.2) is 72.8 Å². The minimum atomic E-state index is -0.833. The number of carbonyl (C=O) groups is 1. The van der Waals surface area contributed by atoms with Crippen molar-refractivity contribution in [2.75, 3.05) is 0 Å². The molecule has 160 valence electrons. The van der Waals surface area contributed by atoms with E-state index in [0.717, 1.165) is 40.3 Å². The number of fused-ring (bicyclic) bond motifs is 1. The number of hydrogen-bond acceptors (Lipinski definition) is 3. The van der Waals surface area contributed by atoms with Crippen molar-refractivity contribution in [2.24, 2.45) is 0 Å². The zero-order valence-electron chi connectivity index (χ0n) is 18.4. The van der Waals surface area contributed by atoms with Crippen LogP contribution in [0.5, 0.6) is 0 Å². The number of nitriles is 1. The van der Waals surface area contributed by atoms with E-state index in [4.69, 9.17) is 15.3 Å². The Kier molecular flexibility index (Phi) is 6.87. The van der Waals surface area contributed by atoms with Crippen molar-refractivity contribution in [3.63, 3.8) is 0 Å². The standard InChI is InChI=1S/C25H21N3.C2H4O2/c1-17-8-6-7-9-20(17)15-23(27)25-18(2)28(21-10-4-3-5-11-21)24-13-12-19(16-26)14-22(24)25;1-2(3)4/h3-14,27H,15H2,1-2H3;1H3,(H,3,4). The van der Waals surface area contributed by atoms with Gasteiger partial charge in [0.15, 0.2) is 0 Å². The van der Waals surface area contributed by atoms with E-state index in [-0.39, 0.29) is 0 Å². The van der Waals surface area contributed by atoms with Crippen LogP contribution in [0.3, 0.4) is 0 Å². The lowest BCUT2D eigenvalue weighted by Gasteiger charge is -2.10. The fourth-order valence-corrected chi connectivity index (χ4v) is 3.87. The van der Waals surface area contributed by atoms with Crippen LogP contribution in [-0.2, 0) is 11.2 Å². The largest absolute Gasteiger partial charge is 0.481 e. The molecule has 5 nitrogen and oxygen atoms in total. The lowest BCUT2D eigenvalue weighted by Crippen LogP contribution is -2.07. The molecule has 1 aromatic heterocycles. The molecule has 1 heterocycles. The molecular formula is C27H25N3O2. The molecule has 2 N–H and O–H groups in total. The number of aromatic nitrogens is 1. The van der Waals surface area contributed by atoms with Crippen molar-refractivity contribution in [1.29, 1.82) is 10.7 Å². The molecule has 0 aliphatic rings. The molecule has 0 aliphatic carbocycles. The summed E-state index contributed by atoms with van der Waals surface area (Å²) in [5, 5.41) is 26.6. The second kappa shape index (κ2) is 9.76. The molecule has 0 saturated carbocycles. The van der Waals surface area contributed by atoms with Crippen LogP contribution >= 0.6 is 0 Å². The summed E-state index contributed by atoms with van der Waals surface area (Å²) in [6.07, 6.45) is 0.568. The third-order valence-electron chi connectivity index (χ3n) is 5.28. The highest BCUT2D eigenvalue weighted by Crippen LogP contribution is 2.31. The Morgan fingerprint density at radius 1 is 1.03 bits per heavy atom. The van der Waals surface area contributed by atoms with Gasteiger partial charge in [-0.2, -0.15) is 5.26 Å². The van der Waals surface area contributed by atoms with Crippen LogP contribution in [-0.4, -0.2) is 21.4 Å². The third kappa shape index (κ3) is 4.76. The first-order chi connectivity index (χ1) is 15.3. The molecule has 0 fully saturated rings. The normalized spacial score (nSPS) is 10.2. The fraction of sp³-hybridized carbons (Fsp3) is 0.148. The summed E-state index contributed by atoms with van der Waals surface area (Å²) >= 11 is 0. The van der Waals surface area contributed by atoms with Crippen molar-refractivity contribution in [1.82, 2.24) is 4.57 Å². The highest BCUT2D eigenvalue weighted by Gasteiger charge is 2.19. The second-order valence-electron chi connectivity index (χ2n) is 7.58. The number of nitrogens with one attached hydrogen (secondary N) is 1. The Morgan fingerprint density at radius 3 is 2.28 bits per heavy atom. The summed E-state index contributed by atoms with van der Waals surface area (Å²) in [4.78, 5) is 9.00. The van der Waals surface area contributed by atoms with Crippen LogP contribution in [0.2, 0.25) is 0 Å². The van der Waals surface area contributed by atoms with Crippen LogP contribution in [0.4, 0.5) is 0 Å². The molecule has 32 heavy (non-hydrogen) atoms. The Morgan fingerprint density at radius 2 is 1.66 bits per heavy atom. The van der Waals surface area contributed by atoms with E-state index in [1.54, 1.807) is 0 Å². The minimum Gasteiger partial charge on any atom is -0.481 e. The number of rotatable bonds is 4. The molecule has 0 aliphatic heterocycles.